The van der Waals surface area contributed by atoms with E-state index in [0.717, 1.165) is 54.7 Å². The zero-order valence-corrected chi connectivity index (χ0v) is 16.4. The first kappa shape index (κ1) is 18.7. The predicted molar refractivity (Wildman–Crippen MR) is 108 cm³/mol. The van der Waals surface area contributed by atoms with Crippen LogP contribution in [0, 0.1) is 5.92 Å². The van der Waals surface area contributed by atoms with Crippen molar-refractivity contribution in [1.29, 1.82) is 0 Å². The summed E-state index contributed by atoms with van der Waals surface area (Å²) in [6, 6.07) is 9.92. The first-order valence-corrected chi connectivity index (χ1v) is 10.5. The second kappa shape index (κ2) is 9.01. The molecular formula is C21H23N3O3S. The molecule has 0 spiro atoms. The summed E-state index contributed by atoms with van der Waals surface area (Å²) in [4.78, 5) is 22.5. The lowest BCUT2D eigenvalue weighted by molar-refractivity contribution is 0.0792. The van der Waals surface area contributed by atoms with E-state index < -0.39 is 0 Å². The second-order valence-corrected chi connectivity index (χ2v) is 7.65. The fourth-order valence-electron chi connectivity index (χ4n) is 3.48. The first-order valence-electron chi connectivity index (χ1n) is 9.55. The van der Waals surface area contributed by atoms with Crippen LogP contribution < -0.4 is 4.74 Å². The van der Waals surface area contributed by atoms with E-state index in [1.165, 1.54) is 11.3 Å². The number of aromatic nitrogens is 2. The fraction of sp³-hybridized carbons (Fsp3) is 0.381. The summed E-state index contributed by atoms with van der Waals surface area (Å²) in [5, 5.41) is 2.94. The van der Waals surface area contributed by atoms with Gasteiger partial charge >= 0.3 is 6.09 Å². The molecule has 6 nitrogen and oxygen atoms in total. The summed E-state index contributed by atoms with van der Waals surface area (Å²) in [6.07, 6.45) is 4.49. The smallest absolute Gasteiger partial charge is 0.410 e. The number of benzene rings is 1. The van der Waals surface area contributed by atoms with Gasteiger partial charge in [0.05, 0.1) is 23.3 Å². The van der Waals surface area contributed by atoms with E-state index in [9.17, 15) is 4.79 Å². The standard InChI is InChI=1S/C21H23N3O3S/c25-21(27-13-17-14-28-15-23-17)24-10-6-16(7-11-24)8-12-26-20-5-1-4-19-18(20)3-2-9-22-19/h1-5,9,14-16H,6-8,10-13H2. The average molecular weight is 398 g/mol. The molecule has 0 N–H and O–H groups in total. The molecule has 0 aliphatic carbocycles. The van der Waals surface area contributed by atoms with Gasteiger partial charge in [-0.2, -0.15) is 0 Å². The number of pyridine rings is 1. The van der Waals surface area contributed by atoms with Gasteiger partial charge in [0.15, 0.2) is 0 Å². The van der Waals surface area contributed by atoms with Crippen LogP contribution in [0.4, 0.5) is 4.79 Å². The molecule has 1 amide bonds. The summed E-state index contributed by atoms with van der Waals surface area (Å²) < 4.78 is 11.4. The number of carbonyl (C=O) groups is 1. The van der Waals surface area contributed by atoms with E-state index in [1.54, 1.807) is 16.6 Å². The first-order chi connectivity index (χ1) is 13.8. The number of amides is 1. The topological polar surface area (TPSA) is 64.5 Å². The summed E-state index contributed by atoms with van der Waals surface area (Å²) >= 11 is 1.50. The molecule has 0 unspecified atom stereocenters. The maximum absolute atomic E-state index is 12.2. The number of carbonyl (C=O) groups excluding carboxylic acids is 1. The van der Waals surface area contributed by atoms with Gasteiger partial charge in [-0.15, -0.1) is 11.3 Å². The van der Waals surface area contributed by atoms with Crippen LogP contribution in [0.3, 0.4) is 0 Å². The van der Waals surface area contributed by atoms with Crippen LogP contribution >= 0.6 is 11.3 Å². The van der Waals surface area contributed by atoms with Gasteiger partial charge in [-0.1, -0.05) is 6.07 Å². The van der Waals surface area contributed by atoms with Crippen LogP contribution in [0.2, 0.25) is 0 Å². The molecule has 0 saturated carbocycles. The Balaban J connectivity index is 1.20. The Bertz CT molecular complexity index is 903. The third-order valence-corrected chi connectivity index (χ3v) is 5.72. The van der Waals surface area contributed by atoms with E-state index in [0.29, 0.717) is 12.5 Å². The molecule has 0 bridgehead atoms. The van der Waals surface area contributed by atoms with Gasteiger partial charge in [-0.05, 0) is 49.4 Å². The molecule has 4 rings (SSSR count). The molecular weight excluding hydrogens is 374 g/mol. The monoisotopic (exact) mass is 397 g/mol. The molecule has 3 heterocycles. The highest BCUT2D eigenvalue weighted by atomic mass is 32.1. The fourth-order valence-corrected chi connectivity index (χ4v) is 4.02. The summed E-state index contributed by atoms with van der Waals surface area (Å²) in [5.41, 5.74) is 3.49. The van der Waals surface area contributed by atoms with Gasteiger partial charge in [0.1, 0.15) is 12.4 Å². The minimum absolute atomic E-state index is 0.244. The van der Waals surface area contributed by atoms with Crippen molar-refractivity contribution in [2.75, 3.05) is 19.7 Å². The summed E-state index contributed by atoms with van der Waals surface area (Å²) in [5.74, 6) is 1.45. The Morgan fingerprint density at radius 1 is 1.18 bits per heavy atom. The van der Waals surface area contributed by atoms with Gasteiger partial charge in [0.2, 0.25) is 0 Å². The summed E-state index contributed by atoms with van der Waals surface area (Å²) in [6.45, 7) is 2.39. The quantitative estimate of drug-likeness (QED) is 0.612. The van der Waals surface area contributed by atoms with Crippen LogP contribution in [-0.2, 0) is 11.3 Å². The van der Waals surface area contributed by atoms with Crippen molar-refractivity contribution < 1.29 is 14.3 Å². The van der Waals surface area contributed by atoms with Crippen LogP contribution in [0.5, 0.6) is 5.75 Å². The Morgan fingerprint density at radius 3 is 2.89 bits per heavy atom. The lowest BCUT2D eigenvalue weighted by Gasteiger charge is -2.31. The SMILES string of the molecule is O=C(OCc1cscn1)N1CCC(CCOc2cccc3ncccc23)CC1. The highest BCUT2D eigenvalue weighted by Crippen LogP contribution is 2.26. The number of piperidine rings is 1. The molecule has 1 saturated heterocycles. The number of hydrogen-bond donors (Lipinski definition) is 0. The number of thiazole rings is 1. The minimum atomic E-state index is -0.244. The molecule has 7 heteroatoms. The lowest BCUT2D eigenvalue weighted by atomic mass is 9.94. The van der Waals surface area contributed by atoms with Crippen LogP contribution in [0.1, 0.15) is 25.0 Å². The van der Waals surface area contributed by atoms with Crippen LogP contribution in [0.15, 0.2) is 47.4 Å². The Kier molecular flexibility index (Phi) is 6.01. The number of hydrogen-bond acceptors (Lipinski definition) is 6. The van der Waals surface area contributed by atoms with Crippen molar-refractivity contribution in [2.45, 2.75) is 25.9 Å². The van der Waals surface area contributed by atoms with Crippen molar-refractivity contribution in [3.63, 3.8) is 0 Å². The Labute approximate surface area is 168 Å². The predicted octanol–water partition coefficient (Wildman–Crippen LogP) is 4.51. The Morgan fingerprint density at radius 2 is 2.07 bits per heavy atom. The van der Waals surface area contributed by atoms with Crippen molar-refractivity contribution in [1.82, 2.24) is 14.9 Å². The molecule has 1 aromatic carbocycles. The van der Waals surface area contributed by atoms with E-state index >= 15 is 0 Å². The van der Waals surface area contributed by atoms with Gasteiger partial charge in [0.25, 0.3) is 0 Å². The number of ether oxygens (including phenoxy) is 2. The van der Waals surface area contributed by atoms with E-state index in [2.05, 4.69) is 9.97 Å². The molecule has 0 atom stereocenters. The molecule has 1 fully saturated rings. The van der Waals surface area contributed by atoms with Crippen molar-refractivity contribution in [3.05, 3.63) is 53.1 Å². The second-order valence-electron chi connectivity index (χ2n) is 6.93. The number of nitrogens with zero attached hydrogens (tertiary/aromatic N) is 3. The highest BCUT2D eigenvalue weighted by molar-refractivity contribution is 7.07. The van der Waals surface area contributed by atoms with Gasteiger partial charge in [-0.25, -0.2) is 9.78 Å². The minimum Gasteiger partial charge on any atom is -0.493 e. The van der Waals surface area contributed by atoms with Crippen molar-refractivity contribution >= 4 is 28.3 Å². The van der Waals surface area contributed by atoms with Crippen LogP contribution in [-0.4, -0.2) is 40.7 Å². The van der Waals surface area contributed by atoms with E-state index in [1.807, 2.05) is 35.7 Å². The molecule has 28 heavy (non-hydrogen) atoms. The highest BCUT2D eigenvalue weighted by Gasteiger charge is 2.24. The van der Waals surface area contributed by atoms with Gasteiger partial charge < -0.3 is 14.4 Å². The van der Waals surface area contributed by atoms with Gasteiger partial charge in [-0.3, -0.25) is 4.98 Å². The van der Waals surface area contributed by atoms with Crippen molar-refractivity contribution in [2.24, 2.45) is 5.92 Å². The number of likely N-dealkylation sites (tertiary alicyclic amines) is 1. The molecule has 0 radical (unpaired) electrons. The molecule has 146 valence electrons. The van der Waals surface area contributed by atoms with E-state index in [-0.39, 0.29) is 12.7 Å². The number of rotatable bonds is 6. The maximum Gasteiger partial charge on any atom is 0.410 e. The number of fused-ring (bicyclic) bond motifs is 1. The largest absolute Gasteiger partial charge is 0.493 e. The Hall–Kier alpha value is -2.67. The normalized spacial score (nSPS) is 14.9. The third-order valence-electron chi connectivity index (χ3n) is 5.09. The van der Waals surface area contributed by atoms with Gasteiger partial charge in [0, 0.05) is 30.1 Å². The maximum atomic E-state index is 12.2. The average Bonchev–Trinajstić information content (AvgIpc) is 3.26. The molecule has 3 aromatic rings. The van der Waals surface area contributed by atoms with Crippen LogP contribution in [0.25, 0.3) is 10.9 Å². The molecule has 1 aliphatic heterocycles. The van der Waals surface area contributed by atoms with E-state index in [4.69, 9.17) is 9.47 Å². The molecule has 2 aromatic heterocycles. The van der Waals surface area contributed by atoms with Crippen molar-refractivity contribution in [3.8, 4) is 5.75 Å². The molecule has 1 aliphatic rings. The zero-order valence-electron chi connectivity index (χ0n) is 15.6. The summed E-state index contributed by atoms with van der Waals surface area (Å²) in [7, 11) is 0. The lowest BCUT2D eigenvalue weighted by Crippen LogP contribution is -2.39. The third kappa shape index (κ3) is 4.59. The zero-order chi connectivity index (χ0) is 19.2.